The SMILES string of the molecule is CC.c1ccc(-c2c3ccccc3c(-c3ncc(-c4ccc5c6ccccc6c6ccccc6c5c4)cn3)c3ccccc23)cc1. The topological polar surface area (TPSA) is 25.8 Å². The van der Waals surface area contributed by atoms with Crippen molar-refractivity contribution in [2.24, 2.45) is 0 Å². The molecular formula is C44H32N2. The molecule has 9 rings (SSSR count). The molecule has 218 valence electrons. The van der Waals surface area contributed by atoms with Gasteiger partial charge in [0.25, 0.3) is 0 Å². The van der Waals surface area contributed by atoms with Crippen LogP contribution < -0.4 is 0 Å². The highest BCUT2D eigenvalue weighted by molar-refractivity contribution is 6.26. The standard InChI is InChI=1S/C42H26N2.C2H6/c1-2-12-27(13-3-1)40-35-18-8-10-20-37(35)41(38-21-11-9-19-36(38)40)42-43-25-29(26-44-42)28-22-23-34-32-16-5-4-14-30(32)31-15-6-7-17-33(31)39(34)24-28;1-2/h1-26H;1-2H3. The second-order valence-electron chi connectivity index (χ2n) is 11.4. The van der Waals surface area contributed by atoms with Crippen molar-refractivity contribution in [3.05, 3.63) is 158 Å². The number of hydrogen-bond acceptors (Lipinski definition) is 2. The molecule has 0 saturated carbocycles. The van der Waals surface area contributed by atoms with Crippen molar-refractivity contribution in [2.75, 3.05) is 0 Å². The molecule has 2 nitrogen and oxygen atoms in total. The second kappa shape index (κ2) is 11.6. The normalized spacial score (nSPS) is 11.3. The Labute approximate surface area is 268 Å². The Morgan fingerprint density at radius 2 is 0.696 bits per heavy atom. The molecule has 0 bridgehead atoms. The number of nitrogens with zero attached hydrogens (tertiary/aromatic N) is 2. The van der Waals surface area contributed by atoms with Gasteiger partial charge < -0.3 is 0 Å². The second-order valence-corrected chi connectivity index (χ2v) is 11.4. The summed E-state index contributed by atoms with van der Waals surface area (Å²) in [6.07, 6.45) is 3.95. The molecule has 8 aromatic carbocycles. The fraction of sp³-hybridized carbons (Fsp3) is 0.0455. The summed E-state index contributed by atoms with van der Waals surface area (Å²) in [4.78, 5) is 10.0. The first-order valence-corrected chi connectivity index (χ1v) is 16.0. The van der Waals surface area contributed by atoms with Gasteiger partial charge in [-0.1, -0.05) is 153 Å². The highest BCUT2D eigenvalue weighted by atomic mass is 14.9. The van der Waals surface area contributed by atoms with Gasteiger partial charge in [-0.25, -0.2) is 9.97 Å². The molecule has 1 aromatic heterocycles. The van der Waals surface area contributed by atoms with Crippen LogP contribution in [-0.4, -0.2) is 9.97 Å². The zero-order chi connectivity index (χ0) is 31.0. The predicted octanol–water partition coefficient (Wildman–Crippen LogP) is 12.3. The number of hydrogen-bond donors (Lipinski definition) is 0. The molecule has 0 N–H and O–H groups in total. The molecule has 9 aromatic rings. The molecule has 46 heavy (non-hydrogen) atoms. The summed E-state index contributed by atoms with van der Waals surface area (Å²) in [7, 11) is 0. The monoisotopic (exact) mass is 588 g/mol. The summed E-state index contributed by atoms with van der Waals surface area (Å²) in [5, 5.41) is 12.3. The van der Waals surface area contributed by atoms with E-state index in [1.54, 1.807) is 0 Å². The molecule has 0 aliphatic carbocycles. The van der Waals surface area contributed by atoms with E-state index in [2.05, 4.69) is 146 Å². The van der Waals surface area contributed by atoms with Crippen molar-refractivity contribution in [2.45, 2.75) is 13.8 Å². The molecule has 0 fully saturated rings. The van der Waals surface area contributed by atoms with Crippen LogP contribution in [0.5, 0.6) is 0 Å². The molecule has 0 aliphatic heterocycles. The van der Waals surface area contributed by atoms with E-state index in [1.165, 1.54) is 54.2 Å². The molecule has 0 spiro atoms. The van der Waals surface area contributed by atoms with E-state index in [0.29, 0.717) is 0 Å². The summed E-state index contributed by atoms with van der Waals surface area (Å²) in [6, 6.07) is 52.0. The average molecular weight is 589 g/mol. The van der Waals surface area contributed by atoms with Crippen LogP contribution in [0.15, 0.2) is 158 Å². The molecule has 0 amide bonds. The van der Waals surface area contributed by atoms with Gasteiger partial charge in [0, 0.05) is 23.5 Å². The Hall–Kier alpha value is -5.86. The fourth-order valence-electron chi connectivity index (χ4n) is 6.98. The first-order chi connectivity index (χ1) is 22.8. The minimum atomic E-state index is 0.734. The maximum Gasteiger partial charge on any atom is 0.160 e. The third-order valence-electron chi connectivity index (χ3n) is 8.95. The lowest BCUT2D eigenvalue weighted by molar-refractivity contribution is 1.19. The summed E-state index contributed by atoms with van der Waals surface area (Å²) >= 11 is 0. The minimum absolute atomic E-state index is 0.734. The molecule has 0 atom stereocenters. The van der Waals surface area contributed by atoms with E-state index in [-0.39, 0.29) is 0 Å². The molecular weight excluding hydrogens is 556 g/mol. The Balaban J connectivity index is 0.00000153. The van der Waals surface area contributed by atoms with Crippen LogP contribution in [0.1, 0.15) is 13.8 Å². The summed E-state index contributed by atoms with van der Waals surface area (Å²) in [5.74, 6) is 0.734. The lowest BCUT2D eigenvalue weighted by Crippen LogP contribution is -1.95. The van der Waals surface area contributed by atoms with E-state index < -0.39 is 0 Å². The van der Waals surface area contributed by atoms with Gasteiger partial charge >= 0.3 is 0 Å². The number of rotatable bonds is 3. The van der Waals surface area contributed by atoms with Gasteiger partial charge in [-0.2, -0.15) is 0 Å². The number of fused-ring (bicyclic) bond motifs is 8. The van der Waals surface area contributed by atoms with E-state index in [0.717, 1.165) is 33.3 Å². The summed E-state index contributed by atoms with van der Waals surface area (Å²) < 4.78 is 0. The molecule has 0 saturated heterocycles. The van der Waals surface area contributed by atoms with Crippen LogP contribution in [0.2, 0.25) is 0 Å². The highest BCUT2D eigenvalue weighted by Gasteiger charge is 2.18. The zero-order valence-electron chi connectivity index (χ0n) is 25.9. The summed E-state index contributed by atoms with van der Waals surface area (Å²) in [6.45, 7) is 4.00. The quantitative estimate of drug-likeness (QED) is 0.152. The van der Waals surface area contributed by atoms with Gasteiger partial charge in [-0.15, -0.1) is 0 Å². The van der Waals surface area contributed by atoms with Gasteiger partial charge in [0.05, 0.1) is 0 Å². The fourth-order valence-corrected chi connectivity index (χ4v) is 6.98. The van der Waals surface area contributed by atoms with Gasteiger partial charge in [0.2, 0.25) is 0 Å². The lowest BCUT2D eigenvalue weighted by atomic mass is 9.88. The smallest absolute Gasteiger partial charge is 0.160 e. The average Bonchev–Trinajstić information content (AvgIpc) is 3.15. The predicted molar refractivity (Wildman–Crippen MR) is 197 cm³/mol. The maximum atomic E-state index is 5.01. The van der Waals surface area contributed by atoms with Gasteiger partial charge in [-0.3, -0.25) is 0 Å². The van der Waals surface area contributed by atoms with Crippen molar-refractivity contribution in [1.29, 1.82) is 0 Å². The van der Waals surface area contributed by atoms with Crippen LogP contribution in [-0.2, 0) is 0 Å². The van der Waals surface area contributed by atoms with Crippen LogP contribution in [0.3, 0.4) is 0 Å². The van der Waals surface area contributed by atoms with Crippen molar-refractivity contribution >= 4 is 53.9 Å². The molecule has 0 aliphatic rings. The van der Waals surface area contributed by atoms with Crippen molar-refractivity contribution in [3.63, 3.8) is 0 Å². The Morgan fingerprint density at radius 3 is 1.20 bits per heavy atom. The van der Waals surface area contributed by atoms with Crippen LogP contribution in [0.4, 0.5) is 0 Å². The highest BCUT2D eigenvalue weighted by Crippen LogP contribution is 2.43. The van der Waals surface area contributed by atoms with E-state index in [9.17, 15) is 0 Å². The third kappa shape index (κ3) is 4.42. The summed E-state index contributed by atoms with van der Waals surface area (Å²) in [5.41, 5.74) is 5.63. The molecule has 0 unspecified atom stereocenters. The number of benzene rings is 8. The lowest BCUT2D eigenvalue weighted by Gasteiger charge is -2.17. The minimum Gasteiger partial charge on any atom is -0.236 e. The van der Waals surface area contributed by atoms with Crippen LogP contribution >= 0.6 is 0 Å². The maximum absolute atomic E-state index is 5.01. The molecule has 0 radical (unpaired) electrons. The van der Waals surface area contributed by atoms with Gasteiger partial charge in [0.1, 0.15) is 0 Å². The first-order valence-electron chi connectivity index (χ1n) is 16.0. The number of aromatic nitrogens is 2. The Bertz CT molecular complexity index is 2440. The molecule has 1 heterocycles. The van der Waals surface area contributed by atoms with Crippen molar-refractivity contribution in [1.82, 2.24) is 9.97 Å². The van der Waals surface area contributed by atoms with Gasteiger partial charge in [0.15, 0.2) is 5.82 Å². The zero-order valence-corrected chi connectivity index (χ0v) is 25.9. The van der Waals surface area contributed by atoms with Crippen LogP contribution in [0, 0.1) is 0 Å². The van der Waals surface area contributed by atoms with Crippen molar-refractivity contribution < 1.29 is 0 Å². The first kappa shape index (κ1) is 27.7. The Kier molecular flexibility index (Phi) is 6.96. The van der Waals surface area contributed by atoms with E-state index >= 15 is 0 Å². The van der Waals surface area contributed by atoms with E-state index in [4.69, 9.17) is 9.97 Å². The van der Waals surface area contributed by atoms with Crippen molar-refractivity contribution in [3.8, 4) is 33.6 Å². The van der Waals surface area contributed by atoms with Gasteiger partial charge in [-0.05, 0) is 76.6 Å². The van der Waals surface area contributed by atoms with Crippen LogP contribution in [0.25, 0.3) is 87.5 Å². The molecule has 2 heteroatoms. The Morgan fingerprint density at radius 1 is 0.304 bits per heavy atom. The van der Waals surface area contributed by atoms with E-state index in [1.807, 2.05) is 26.2 Å². The third-order valence-corrected chi connectivity index (χ3v) is 8.95. The largest absolute Gasteiger partial charge is 0.236 e.